The second-order valence-corrected chi connectivity index (χ2v) is 26.2. The van der Waals surface area contributed by atoms with Gasteiger partial charge in [0.05, 0.1) is 0 Å². The molecular weight excluding hydrogens is 1310 g/mol. The van der Waals surface area contributed by atoms with Crippen LogP contribution in [0.5, 0.6) is 0 Å². The van der Waals surface area contributed by atoms with E-state index in [1.165, 1.54) is 111 Å². The summed E-state index contributed by atoms with van der Waals surface area (Å²) in [6, 6.07) is 143. The Hall–Kier alpha value is -12.8. The van der Waals surface area contributed by atoms with Gasteiger partial charge in [0.25, 0.3) is 0 Å². The van der Waals surface area contributed by atoms with Crippen molar-refractivity contribution in [3.05, 3.63) is 405 Å². The van der Waals surface area contributed by atoms with Crippen molar-refractivity contribution in [3.63, 3.8) is 0 Å². The molecule has 0 atom stereocenters. The Morgan fingerprint density at radius 3 is 0.515 bits per heavy atom. The highest BCUT2D eigenvalue weighted by atomic mass is 79.9. The second-order valence-electron chi connectivity index (χ2n) is 25.2. The fourth-order valence-electron chi connectivity index (χ4n) is 13.6. The highest BCUT2D eigenvalue weighted by Crippen LogP contribution is 2.43. The summed E-state index contributed by atoms with van der Waals surface area (Å²) in [5.74, 6) is 0. The lowest BCUT2D eigenvalue weighted by atomic mass is 9.93. The molecule has 0 unspecified atom stereocenters. The van der Waals surface area contributed by atoms with Crippen molar-refractivity contribution < 1.29 is 0 Å². The van der Waals surface area contributed by atoms with E-state index < -0.39 is 0 Å². The molecule has 14 heterocycles. The van der Waals surface area contributed by atoms with Crippen LogP contribution in [0.2, 0.25) is 0 Å². The van der Waals surface area contributed by atoms with E-state index in [4.69, 9.17) is 0 Å². The lowest BCUT2D eigenvalue weighted by Gasteiger charge is -2.26. The van der Waals surface area contributed by atoms with Gasteiger partial charge >= 0.3 is 0 Å². The highest BCUT2D eigenvalue weighted by Gasteiger charge is 2.18. The molecule has 0 saturated carbocycles. The van der Waals surface area contributed by atoms with Gasteiger partial charge < -0.3 is 20.9 Å². The molecule has 3 N–H and O–H groups in total. The van der Waals surface area contributed by atoms with Crippen molar-refractivity contribution in [2.75, 3.05) is 20.9 Å². The summed E-state index contributed by atoms with van der Waals surface area (Å²) in [6.45, 7) is 0. The van der Waals surface area contributed by atoms with E-state index in [1.54, 1.807) is 0 Å². The molecule has 16 bridgehead atoms. The van der Waals surface area contributed by atoms with Crippen LogP contribution in [0.25, 0.3) is 111 Å². The van der Waals surface area contributed by atoms with Crippen molar-refractivity contribution in [1.82, 2.24) is 0 Å². The smallest absolute Gasteiger partial charge is 0.0462 e. The Bertz CT molecular complexity index is 5060. The monoisotopic (exact) mass is 1390 g/mol. The van der Waals surface area contributed by atoms with Crippen molar-refractivity contribution in [1.29, 1.82) is 0 Å². The van der Waals surface area contributed by atoms with E-state index in [0.29, 0.717) is 0 Å². The number of nitrogens with zero attached hydrogens (tertiary/aromatic N) is 1. The van der Waals surface area contributed by atoms with E-state index in [1.807, 2.05) is 6.07 Å². The normalized spacial score (nSPS) is 11.2. The van der Waals surface area contributed by atoms with Gasteiger partial charge in [-0.25, -0.2) is 0 Å². The van der Waals surface area contributed by atoms with Crippen molar-refractivity contribution in [2.24, 2.45) is 0 Å². The van der Waals surface area contributed by atoms with Gasteiger partial charge in [-0.05, 0) is 233 Å². The van der Waals surface area contributed by atoms with E-state index in [9.17, 15) is 0 Å². The molecule has 0 fully saturated rings. The molecular formula is C98H77BrN4. The van der Waals surface area contributed by atoms with Crippen LogP contribution in [0.1, 0.15) is 14.9 Å². The van der Waals surface area contributed by atoms with Crippen LogP contribution in [0, 0.1) is 0 Å². The predicted octanol–water partition coefficient (Wildman–Crippen LogP) is 29.1. The number of anilines is 9. The van der Waals surface area contributed by atoms with Gasteiger partial charge in [0.1, 0.15) is 0 Å². The van der Waals surface area contributed by atoms with Crippen LogP contribution >= 0.6 is 15.9 Å². The first-order chi connectivity index (χ1) is 49.9. The zero-order valence-electron chi connectivity index (χ0n) is 55.4. The number of halogens is 1. The molecule has 4 nitrogen and oxygen atoms in total. The minimum atomic E-state index is 0. The Kier molecular flexibility index (Phi) is 20.4. The fraction of sp³-hybridized carbons (Fsp3) is 0.0204. The number of rotatable bonds is 3. The average Bonchev–Trinajstić information content (AvgIpc) is 0.787. The van der Waals surface area contributed by atoms with Crippen LogP contribution in [0.15, 0.2) is 405 Å². The zero-order chi connectivity index (χ0) is 67.7. The topological polar surface area (TPSA) is 39.3 Å². The summed E-state index contributed by atoms with van der Waals surface area (Å²) >= 11 is 3.42. The van der Waals surface area contributed by atoms with Crippen LogP contribution in [-0.2, 0) is 0 Å². The average molecular weight is 1390 g/mol. The summed E-state index contributed by atoms with van der Waals surface area (Å²) in [5.41, 5.74) is 33.9. The third kappa shape index (κ3) is 15.2. The summed E-state index contributed by atoms with van der Waals surface area (Å²) < 4.78 is 1.12. The lowest BCUT2D eigenvalue weighted by molar-refractivity contribution is 1.28. The molecule has 5 heteroatoms. The van der Waals surface area contributed by atoms with E-state index in [2.05, 4.69) is 431 Å². The molecule has 0 aliphatic carbocycles. The number of hydrogen-bond donors (Lipinski definition) is 3. The molecule has 16 aromatic carbocycles. The molecule has 0 amide bonds. The summed E-state index contributed by atoms with van der Waals surface area (Å²) in [5, 5.41) is 10.7. The molecule has 0 radical (unpaired) electrons. The van der Waals surface area contributed by atoms with Gasteiger partial charge in [0.2, 0.25) is 0 Å². The molecule has 0 saturated heterocycles. The second kappa shape index (κ2) is 31.2. The van der Waals surface area contributed by atoms with Crippen molar-refractivity contribution in [2.45, 2.75) is 14.9 Å². The maximum atomic E-state index is 3.59. The quantitative estimate of drug-likeness (QED) is 0.165. The van der Waals surface area contributed by atoms with Gasteiger partial charge in [0, 0.05) is 55.7 Å². The first-order valence-electron chi connectivity index (χ1n) is 34.2. The first-order valence-corrected chi connectivity index (χ1v) is 35.0. The zero-order valence-corrected chi connectivity index (χ0v) is 57.0. The molecule has 16 aromatic rings. The van der Waals surface area contributed by atoms with Gasteiger partial charge in [0.15, 0.2) is 0 Å². The molecule has 0 spiro atoms. The Morgan fingerprint density at radius 1 is 0.155 bits per heavy atom. The van der Waals surface area contributed by atoms with Crippen LogP contribution in [-0.4, -0.2) is 0 Å². The standard InChI is InChI=1S/C48H34N2.C36H26N2.C12H9Br.2CH4/c1-2-8-34(9-3-1)35-18-28-42(29-19-35)50-43-30-20-38(21-31-43)47-12-6-4-10-45(47)36-14-24-40(25-15-36)49-41-26-16-37(17-27-41)46-11-5-7-13-48(46)39-22-32-44(50)33-23-39;1-2-6-34-26-11-19-30(20-12-26)38-32-23-15-28(16-24-32)36-8-4-3-7-35(36)27-13-21-31(22-14-27)37-29-17-9-25(10-18-29)33(34)5-1;13-12-8-6-11(7-9-12)10-4-2-1-3-5-10;;/h1-33,49H;1-24,37-38H;1-9H;2*1H4. The van der Waals surface area contributed by atoms with Crippen molar-refractivity contribution in [3.8, 4) is 111 Å². The molecule has 14 aliphatic heterocycles. The summed E-state index contributed by atoms with van der Waals surface area (Å²) in [4.78, 5) is 2.34. The SMILES string of the molecule is Brc1ccc(-c2ccccc2)cc1.C.C.c1ccc(-c2ccc(N3c4ccc(cc4)-c4ccccc4-c4ccc(cc4)Nc4ccc(cc4)-c4ccccc4-c4ccc3cc4)cc2)cc1.c1ccc2c(c1)-c1ccc(cc1)Nc1ccc(cc1)-c1ccccc1-c1ccc(cc1)Nc1ccc-2cc1. The largest absolute Gasteiger partial charge is 0.356 e. The number of benzene rings is 16. The first kappa shape index (κ1) is 67.4. The number of nitrogens with one attached hydrogen (secondary N) is 3. The van der Waals surface area contributed by atoms with E-state index in [-0.39, 0.29) is 14.9 Å². The van der Waals surface area contributed by atoms with E-state index >= 15 is 0 Å². The minimum absolute atomic E-state index is 0. The molecule has 496 valence electrons. The van der Waals surface area contributed by atoms with Crippen molar-refractivity contribution >= 4 is 67.1 Å². The molecule has 103 heavy (non-hydrogen) atoms. The van der Waals surface area contributed by atoms with Gasteiger partial charge in [-0.15, -0.1) is 0 Å². The Morgan fingerprint density at radius 2 is 0.311 bits per heavy atom. The Balaban J connectivity index is 0.000000149. The third-order valence-corrected chi connectivity index (χ3v) is 19.3. The van der Waals surface area contributed by atoms with Crippen LogP contribution < -0.4 is 20.9 Å². The summed E-state index contributed by atoms with van der Waals surface area (Å²) in [7, 11) is 0. The fourth-order valence-corrected chi connectivity index (χ4v) is 13.8. The molecule has 0 aromatic heterocycles. The van der Waals surface area contributed by atoms with Gasteiger partial charge in [-0.2, -0.15) is 0 Å². The summed E-state index contributed by atoms with van der Waals surface area (Å²) in [6.07, 6.45) is 0. The maximum Gasteiger partial charge on any atom is 0.0462 e. The third-order valence-electron chi connectivity index (χ3n) is 18.8. The highest BCUT2D eigenvalue weighted by molar-refractivity contribution is 9.10. The van der Waals surface area contributed by atoms with Gasteiger partial charge in [-0.1, -0.05) is 310 Å². The van der Waals surface area contributed by atoms with Gasteiger partial charge in [-0.3, -0.25) is 0 Å². The van der Waals surface area contributed by atoms with Crippen LogP contribution in [0.4, 0.5) is 51.2 Å². The minimum Gasteiger partial charge on any atom is -0.356 e. The maximum absolute atomic E-state index is 3.59. The lowest BCUT2D eigenvalue weighted by Crippen LogP contribution is -2.09. The predicted molar refractivity (Wildman–Crippen MR) is 446 cm³/mol. The molecule has 14 aliphatic rings. The Labute approximate surface area is 614 Å². The van der Waals surface area contributed by atoms with E-state index in [0.717, 1.165) is 55.7 Å². The molecule has 30 rings (SSSR count). The number of hydrogen-bond acceptors (Lipinski definition) is 4. The van der Waals surface area contributed by atoms with Crippen LogP contribution in [0.3, 0.4) is 0 Å².